The zero-order chi connectivity index (χ0) is 27.0. The third kappa shape index (κ3) is 5.03. The molecule has 0 bridgehead atoms. The highest BCUT2D eigenvalue weighted by Crippen LogP contribution is 2.45. The zero-order valence-electron chi connectivity index (χ0n) is 20.7. The lowest BCUT2D eigenvalue weighted by molar-refractivity contribution is 0.0656. The van der Waals surface area contributed by atoms with E-state index in [0.29, 0.717) is 16.5 Å². The van der Waals surface area contributed by atoms with Crippen molar-refractivity contribution < 1.29 is 22.0 Å². The standard InChI is InChI=1S/C29H24ClN3O5S/c30-21-11-13-22(14-12-21)32-39(35,36)24-8-1-6-20(18-24)29(34)33-28(26-10-4-16-38-26)25-9-2-5-19(27(25)31-33)17-23-7-3-15-37-23/h1,3-4,6-8,10-18,25,28,32H,2,5,9H2/b19-17-. The van der Waals surface area contributed by atoms with Crippen molar-refractivity contribution in [3.8, 4) is 0 Å². The van der Waals surface area contributed by atoms with Crippen molar-refractivity contribution >= 4 is 45.0 Å². The maximum atomic E-state index is 13.9. The molecule has 1 aliphatic heterocycles. The van der Waals surface area contributed by atoms with Crippen molar-refractivity contribution in [3.05, 3.63) is 113 Å². The van der Waals surface area contributed by atoms with E-state index in [9.17, 15) is 13.2 Å². The molecular formula is C29H24ClN3O5S. The van der Waals surface area contributed by atoms with E-state index in [0.717, 1.165) is 36.3 Å². The molecule has 1 N–H and O–H groups in total. The molecule has 2 aromatic heterocycles. The van der Waals surface area contributed by atoms with Crippen molar-refractivity contribution in [1.29, 1.82) is 0 Å². The van der Waals surface area contributed by atoms with Crippen LogP contribution < -0.4 is 4.72 Å². The third-order valence-electron chi connectivity index (χ3n) is 6.89. The minimum atomic E-state index is -3.96. The Morgan fingerprint density at radius 2 is 1.82 bits per heavy atom. The maximum absolute atomic E-state index is 13.9. The molecule has 3 heterocycles. The molecule has 0 saturated heterocycles. The summed E-state index contributed by atoms with van der Waals surface area (Å²) in [6, 6.07) is 19.1. The molecule has 0 radical (unpaired) electrons. The van der Waals surface area contributed by atoms with Gasteiger partial charge in [-0.15, -0.1) is 0 Å². The lowest BCUT2D eigenvalue weighted by Crippen LogP contribution is -2.31. The molecule has 10 heteroatoms. The highest BCUT2D eigenvalue weighted by molar-refractivity contribution is 7.92. The van der Waals surface area contributed by atoms with Gasteiger partial charge in [-0.25, -0.2) is 13.4 Å². The summed E-state index contributed by atoms with van der Waals surface area (Å²) in [5.74, 6) is 0.867. The number of nitrogens with one attached hydrogen (secondary N) is 1. The Labute approximate surface area is 230 Å². The summed E-state index contributed by atoms with van der Waals surface area (Å²) in [4.78, 5) is 13.9. The van der Waals surface area contributed by atoms with Gasteiger partial charge in [0.2, 0.25) is 0 Å². The van der Waals surface area contributed by atoms with Gasteiger partial charge in [-0.05, 0) is 97.6 Å². The number of carbonyl (C=O) groups excluding carboxylic acids is 1. The summed E-state index contributed by atoms with van der Waals surface area (Å²) in [5.41, 5.74) is 2.39. The molecule has 2 aliphatic rings. The fourth-order valence-corrected chi connectivity index (χ4v) is 6.34. The van der Waals surface area contributed by atoms with Crippen molar-refractivity contribution in [1.82, 2.24) is 5.01 Å². The molecule has 8 nitrogen and oxygen atoms in total. The molecule has 2 aromatic carbocycles. The topological polar surface area (TPSA) is 105 Å². The van der Waals surface area contributed by atoms with Crippen molar-refractivity contribution in [2.45, 2.75) is 30.2 Å². The van der Waals surface area contributed by atoms with E-state index in [1.165, 1.54) is 17.1 Å². The number of benzene rings is 2. The second kappa shape index (κ2) is 10.2. The number of nitrogens with zero attached hydrogens (tertiary/aromatic N) is 2. The Hall–Kier alpha value is -4.08. The van der Waals surface area contributed by atoms with Gasteiger partial charge in [0.05, 0.1) is 23.1 Å². The van der Waals surface area contributed by atoms with Gasteiger partial charge in [-0.3, -0.25) is 9.52 Å². The van der Waals surface area contributed by atoms with Crippen LogP contribution >= 0.6 is 11.6 Å². The number of allylic oxidation sites excluding steroid dienone is 1. The maximum Gasteiger partial charge on any atom is 0.274 e. The van der Waals surface area contributed by atoms with Crippen LogP contribution in [-0.2, 0) is 10.0 Å². The van der Waals surface area contributed by atoms with E-state index in [4.69, 9.17) is 25.5 Å². The van der Waals surface area contributed by atoms with Crippen LogP contribution in [0.5, 0.6) is 0 Å². The van der Waals surface area contributed by atoms with Crippen LogP contribution in [0, 0.1) is 5.92 Å². The van der Waals surface area contributed by atoms with Crippen LogP contribution in [0.15, 0.2) is 110 Å². The highest BCUT2D eigenvalue weighted by atomic mass is 35.5. The Kier molecular flexibility index (Phi) is 6.62. The first kappa shape index (κ1) is 25.2. The molecule has 39 heavy (non-hydrogen) atoms. The van der Waals surface area contributed by atoms with Crippen molar-refractivity contribution in [3.63, 3.8) is 0 Å². The molecule has 2 atom stereocenters. The van der Waals surface area contributed by atoms with E-state index < -0.39 is 22.0 Å². The van der Waals surface area contributed by atoms with Gasteiger partial charge in [0.25, 0.3) is 15.9 Å². The molecule has 6 rings (SSSR count). The van der Waals surface area contributed by atoms with Gasteiger partial charge in [0.15, 0.2) is 0 Å². The number of anilines is 1. The van der Waals surface area contributed by atoms with E-state index in [1.54, 1.807) is 55.0 Å². The van der Waals surface area contributed by atoms with Crippen LogP contribution in [0.2, 0.25) is 5.02 Å². The fourth-order valence-electron chi connectivity index (χ4n) is 5.11. The number of carbonyl (C=O) groups is 1. The van der Waals surface area contributed by atoms with Crippen molar-refractivity contribution in [2.75, 3.05) is 4.72 Å². The van der Waals surface area contributed by atoms with E-state index in [-0.39, 0.29) is 16.4 Å². The zero-order valence-corrected chi connectivity index (χ0v) is 22.2. The Morgan fingerprint density at radius 3 is 2.56 bits per heavy atom. The van der Waals surface area contributed by atoms with Crippen LogP contribution in [0.1, 0.15) is 47.2 Å². The Balaban J connectivity index is 1.34. The number of hydrogen-bond donors (Lipinski definition) is 1. The van der Waals surface area contributed by atoms with Crippen molar-refractivity contribution in [2.24, 2.45) is 11.0 Å². The monoisotopic (exact) mass is 561 g/mol. The molecule has 1 saturated carbocycles. The molecule has 1 aliphatic carbocycles. The highest BCUT2D eigenvalue weighted by Gasteiger charge is 2.45. The van der Waals surface area contributed by atoms with Gasteiger partial charge in [-0.1, -0.05) is 17.7 Å². The molecule has 198 valence electrons. The van der Waals surface area contributed by atoms with Gasteiger partial charge >= 0.3 is 0 Å². The van der Waals surface area contributed by atoms with E-state index in [2.05, 4.69) is 4.72 Å². The van der Waals surface area contributed by atoms with Gasteiger partial charge in [-0.2, -0.15) is 5.10 Å². The molecule has 4 aromatic rings. The minimum Gasteiger partial charge on any atom is -0.467 e. The second-order valence-electron chi connectivity index (χ2n) is 9.42. The Morgan fingerprint density at radius 1 is 1.03 bits per heavy atom. The number of hydrazone groups is 1. The molecular weight excluding hydrogens is 538 g/mol. The van der Waals surface area contributed by atoms with Gasteiger partial charge < -0.3 is 8.83 Å². The first-order chi connectivity index (χ1) is 18.9. The first-order valence-electron chi connectivity index (χ1n) is 12.5. The summed E-state index contributed by atoms with van der Waals surface area (Å²) in [6.07, 6.45) is 7.74. The number of amides is 1. The number of rotatable bonds is 6. The fraction of sp³-hybridized carbons (Fsp3) is 0.172. The third-order valence-corrected chi connectivity index (χ3v) is 8.52. The van der Waals surface area contributed by atoms with Gasteiger partial charge in [0.1, 0.15) is 17.6 Å². The quantitative estimate of drug-likeness (QED) is 0.280. The largest absolute Gasteiger partial charge is 0.467 e. The number of hydrogen-bond acceptors (Lipinski definition) is 6. The average Bonchev–Trinajstić information content (AvgIpc) is 3.71. The molecule has 1 amide bonds. The minimum absolute atomic E-state index is 0.0412. The van der Waals surface area contributed by atoms with E-state index in [1.807, 2.05) is 24.3 Å². The summed E-state index contributed by atoms with van der Waals surface area (Å²) in [6.45, 7) is 0. The normalized spacial score (nSPS) is 20.1. The summed E-state index contributed by atoms with van der Waals surface area (Å²) >= 11 is 5.91. The molecule has 1 fully saturated rings. The van der Waals surface area contributed by atoms with Gasteiger partial charge in [0, 0.05) is 22.2 Å². The number of halogens is 1. The van der Waals surface area contributed by atoms with Crippen LogP contribution in [0.3, 0.4) is 0 Å². The predicted molar refractivity (Wildman–Crippen MR) is 148 cm³/mol. The number of fused-ring (bicyclic) bond motifs is 1. The first-order valence-corrected chi connectivity index (χ1v) is 14.3. The predicted octanol–water partition coefficient (Wildman–Crippen LogP) is 6.76. The lowest BCUT2D eigenvalue weighted by atomic mass is 9.79. The summed E-state index contributed by atoms with van der Waals surface area (Å²) in [7, 11) is -3.96. The van der Waals surface area contributed by atoms with Crippen LogP contribution in [0.25, 0.3) is 6.08 Å². The van der Waals surface area contributed by atoms with Crippen LogP contribution in [0.4, 0.5) is 5.69 Å². The molecule has 0 spiro atoms. The summed E-state index contributed by atoms with van der Waals surface area (Å²) < 4.78 is 40.0. The lowest BCUT2D eigenvalue weighted by Gasteiger charge is -2.27. The number of sulfonamides is 1. The smallest absolute Gasteiger partial charge is 0.274 e. The van der Waals surface area contributed by atoms with E-state index >= 15 is 0 Å². The van der Waals surface area contributed by atoms with Crippen LogP contribution in [-0.4, -0.2) is 25.0 Å². The molecule has 2 unspecified atom stereocenters. The SMILES string of the molecule is O=C(c1cccc(S(=O)(=O)Nc2ccc(Cl)cc2)c1)N1N=C2/C(=C\c3ccco3)CCCC2C1c1ccco1. The number of furan rings is 2. The second-order valence-corrected chi connectivity index (χ2v) is 11.5. The summed E-state index contributed by atoms with van der Waals surface area (Å²) in [5, 5.41) is 6.73. The average molecular weight is 562 g/mol. The Bertz CT molecular complexity index is 1660.